The highest BCUT2D eigenvalue weighted by Crippen LogP contribution is 2.28. The first-order valence-electron chi connectivity index (χ1n) is 6.34. The van der Waals surface area contributed by atoms with Gasteiger partial charge < -0.3 is 5.11 Å². The van der Waals surface area contributed by atoms with E-state index in [4.69, 9.17) is 0 Å². The average Bonchev–Trinajstić information content (AvgIpc) is 2.23. The smallest absolute Gasteiger partial charge is 0.0645 e. The highest BCUT2D eigenvalue weighted by molar-refractivity contribution is 4.78. The van der Waals surface area contributed by atoms with Crippen LogP contribution in [0.1, 0.15) is 72.6 Å². The van der Waals surface area contributed by atoms with E-state index in [0.29, 0.717) is 0 Å². The minimum atomic E-state index is -0.394. The van der Waals surface area contributed by atoms with Crippen molar-refractivity contribution in [2.75, 3.05) is 0 Å². The highest BCUT2D eigenvalue weighted by Gasteiger charge is 2.25. The third kappa shape index (κ3) is 4.99. The lowest BCUT2D eigenvalue weighted by Gasteiger charge is -2.29. The van der Waals surface area contributed by atoms with E-state index in [1.807, 2.05) is 0 Å². The number of unbranched alkanes of at least 4 members (excludes halogenated alkanes) is 1. The van der Waals surface area contributed by atoms with Crippen molar-refractivity contribution in [3.63, 3.8) is 0 Å². The molecule has 0 fully saturated rings. The van der Waals surface area contributed by atoms with Gasteiger partial charge in [0, 0.05) is 0 Å². The number of hydrogen-bond acceptors (Lipinski definition) is 1. The molecular weight excluding hydrogens is 172 g/mol. The van der Waals surface area contributed by atoms with Crippen LogP contribution >= 0.6 is 0 Å². The van der Waals surface area contributed by atoms with E-state index >= 15 is 0 Å². The lowest BCUT2D eigenvalue weighted by Crippen LogP contribution is -2.29. The van der Waals surface area contributed by atoms with Gasteiger partial charge in [0.15, 0.2) is 0 Å². The second kappa shape index (κ2) is 7.28. The lowest BCUT2D eigenvalue weighted by molar-refractivity contribution is 0.00586. The predicted octanol–water partition coefficient (Wildman–Crippen LogP) is 4.14. The molecule has 0 aromatic rings. The van der Waals surface area contributed by atoms with Gasteiger partial charge in [0.05, 0.1) is 5.60 Å². The molecule has 0 aliphatic carbocycles. The van der Waals surface area contributed by atoms with Crippen molar-refractivity contribution in [1.82, 2.24) is 0 Å². The molecule has 1 nitrogen and oxygen atoms in total. The fourth-order valence-corrected chi connectivity index (χ4v) is 2.02. The normalized spacial score (nSPS) is 14.4. The summed E-state index contributed by atoms with van der Waals surface area (Å²) >= 11 is 0. The number of hydrogen-bond donors (Lipinski definition) is 1. The summed E-state index contributed by atoms with van der Waals surface area (Å²) in [4.78, 5) is 0. The van der Waals surface area contributed by atoms with Crippen molar-refractivity contribution in [2.45, 2.75) is 78.2 Å². The Bertz CT molecular complexity index is 127. The molecule has 0 radical (unpaired) electrons. The summed E-state index contributed by atoms with van der Waals surface area (Å²) in [5.41, 5.74) is -0.394. The van der Waals surface area contributed by atoms with Gasteiger partial charge in [-0.2, -0.15) is 0 Å². The molecule has 1 unspecified atom stereocenters. The van der Waals surface area contributed by atoms with Crippen LogP contribution in [0.2, 0.25) is 0 Å². The Kier molecular flexibility index (Phi) is 7.26. The van der Waals surface area contributed by atoms with E-state index in [1.54, 1.807) is 0 Å². The van der Waals surface area contributed by atoms with Crippen molar-refractivity contribution in [3.8, 4) is 0 Å². The van der Waals surface area contributed by atoms with Crippen molar-refractivity contribution in [3.05, 3.63) is 0 Å². The van der Waals surface area contributed by atoms with Crippen molar-refractivity contribution < 1.29 is 5.11 Å². The second-order valence-electron chi connectivity index (χ2n) is 4.55. The maximum Gasteiger partial charge on any atom is 0.0645 e. The quantitative estimate of drug-likeness (QED) is 0.624. The van der Waals surface area contributed by atoms with Gasteiger partial charge in [-0.1, -0.05) is 53.4 Å². The van der Waals surface area contributed by atoms with Gasteiger partial charge in [-0.05, 0) is 25.2 Å². The molecule has 0 aromatic carbocycles. The zero-order chi connectivity index (χ0) is 11.0. The third-order valence-corrected chi connectivity index (χ3v) is 3.53. The molecule has 14 heavy (non-hydrogen) atoms. The van der Waals surface area contributed by atoms with Crippen LogP contribution < -0.4 is 0 Å². The first-order chi connectivity index (χ1) is 6.61. The molecule has 0 aromatic heterocycles. The van der Waals surface area contributed by atoms with Crippen LogP contribution in [-0.2, 0) is 0 Å². The van der Waals surface area contributed by atoms with Crippen molar-refractivity contribution >= 4 is 0 Å². The van der Waals surface area contributed by atoms with Gasteiger partial charge in [-0.25, -0.2) is 0 Å². The Labute approximate surface area is 89.9 Å². The summed E-state index contributed by atoms with van der Waals surface area (Å²) in [7, 11) is 0. The summed E-state index contributed by atoms with van der Waals surface area (Å²) in [6, 6.07) is 0. The molecule has 0 amide bonds. The number of rotatable bonds is 8. The van der Waals surface area contributed by atoms with Crippen LogP contribution in [0.15, 0.2) is 0 Å². The maximum absolute atomic E-state index is 10.2. The molecule has 0 bridgehead atoms. The Balaban J connectivity index is 4.00. The van der Waals surface area contributed by atoms with Gasteiger partial charge in [0.2, 0.25) is 0 Å². The van der Waals surface area contributed by atoms with Crippen LogP contribution in [0.5, 0.6) is 0 Å². The third-order valence-electron chi connectivity index (χ3n) is 3.53. The number of aliphatic hydroxyl groups is 1. The summed E-state index contributed by atoms with van der Waals surface area (Å²) in [5.74, 6) is 0.722. The molecule has 0 aliphatic rings. The van der Waals surface area contributed by atoms with Crippen LogP contribution in [0.25, 0.3) is 0 Å². The summed E-state index contributed by atoms with van der Waals surface area (Å²) in [6.45, 7) is 8.66. The van der Waals surface area contributed by atoms with Crippen LogP contribution in [-0.4, -0.2) is 10.7 Å². The standard InChI is InChI=1S/C13H28O/c1-5-9-10-12(6-2)11-13(14,7-3)8-4/h12,14H,5-11H2,1-4H3. The lowest BCUT2D eigenvalue weighted by atomic mass is 9.83. The zero-order valence-corrected chi connectivity index (χ0v) is 10.5. The fourth-order valence-electron chi connectivity index (χ4n) is 2.02. The minimum absolute atomic E-state index is 0.394. The minimum Gasteiger partial charge on any atom is -0.390 e. The van der Waals surface area contributed by atoms with Gasteiger partial charge in [0.1, 0.15) is 0 Å². The first-order valence-corrected chi connectivity index (χ1v) is 6.34. The van der Waals surface area contributed by atoms with Gasteiger partial charge in [-0.3, -0.25) is 0 Å². The topological polar surface area (TPSA) is 20.2 Å². The van der Waals surface area contributed by atoms with Crippen molar-refractivity contribution in [2.24, 2.45) is 5.92 Å². The van der Waals surface area contributed by atoms with E-state index in [9.17, 15) is 5.11 Å². The molecule has 1 heteroatoms. The van der Waals surface area contributed by atoms with Gasteiger partial charge in [-0.15, -0.1) is 0 Å². The first kappa shape index (κ1) is 14.0. The molecule has 0 saturated carbocycles. The summed E-state index contributed by atoms with van der Waals surface area (Å²) < 4.78 is 0. The van der Waals surface area contributed by atoms with E-state index in [-0.39, 0.29) is 0 Å². The Hall–Kier alpha value is -0.0400. The monoisotopic (exact) mass is 200 g/mol. The summed E-state index contributed by atoms with van der Waals surface area (Å²) in [6.07, 6.45) is 7.86. The Morgan fingerprint density at radius 3 is 2.00 bits per heavy atom. The van der Waals surface area contributed by atoms with Crippen LogP contribution in [0.4, 0.5) is 0 Å². The molecular formula is C13H28O. The van der Waals surface area contributed by atoms with E-state index in [2.05, 4.69) is 27.7 Å². The molecule has 0 spiro atoms. The maximum atomic E-state index is 10.2. The molecule has 0 rings (SSSR count). The fraction of sp³-hybridized carbons (Fsp3) is 1.00. The largest absolute Gasteiger partial charge is 0.390 e. The summed E-state index contributed by atoms with van der Waals surface area (Å²) in [5, 5.41) is 10.2. The Morgan fingerprint density at radius 1 is 1.07 bits per heavy atom. The zero-order valence-electron chi connectivity index (χ0n) is 10.5. The van der Waals surface area contributed by atoms with Gasteiger partial charge >= 0.3 is 0 Å². The van der Waals surface area contributed by atoms with E-state index in [0.717, 1.165) is 25.2 Å². The molecule has 86 valence electrons. The second-order valence-corrected chi connectivity index (χ2v) is 4.55. The molecule has 1 N–H and O–H groups in total. The van der Waals surface area contributed by atoms with Crippen LogP contribution in [0, 0.1) is 5.92 Å². The van der Waals surface area contributed by atoms with E-state index in [1.165, 1.54) is 25.7 Å². The highest BCUT2D eigenvalue weighted by atomic mass is 16.3. The Morgan fingerprint density at radius 2 is 1.64 bits per heavy atom. The molecule has 1 atom stereocenters. The molecule has 0 heterocycles. The average molecular weight is 200 g/mol. The molecule has 0 saturated heterocycles. The molecule has 0 aliphatic heterocycles. The SMILES string of the molecule is CCCCC(CC)CC(O)(CC)CC. The van der Waals surface area contributed by atoms with E-state index < -0.39 is 5.60 Å². The van der Waals surface area contributed by atoms with Crippen LogP contribution in [0.3, 0.4) is 0 Å². The predicted molar refractivity (Wildman–Crippen MR) is 63.5 cm³/mol. The van der Waals surface area contributed by atoms with Gasteiger partial charge in [0.25, 0.3) is 0 Å². The van der Waals surface area contributed by atoms with Crippen molar-refractivity contribution in [1.29, 1.82) is 0 Å².